The summed E-state index contributed by atoms with van der Waals surface area (Å²) < 4.78 is 28.3. The van der Waals surface area contributed by atoms with Gasteiger partial charge in [-0.25, -0.2) is 13.4 Å². The summed E-state index contributed by atoms with van der Waals surface area (Å²) in [5.74, 6) is 0.411. The van der Waals surface area contributed by atoms with Crippen molar-refractivity contribution in [2.24, 2.45) is 0 Å². The molecule has 1 N–H and O–H groups in total. The van der Waals surface area contributed by atoms with Crippen LogP contribution in [0.1, 0.15) is 12.8 Å². The van der Waals surface area contributed by atoms with E-state index in [-0.39, 0.29) is 11.1 Å². The van der Waals surface area contributed by atoms with Crippen LogP contribution < -0.4 is 5.32 Å². The number of sulfonamides is 1. The first-order chi connectivity index (χ1) is 8.55. The molecule has 2 aromatic heterocycles. The Balaban J connectivity index is 2.19. The molecule has 18 heavy (non-hydrogen) atoms. The fraction of sp³-hybridized carbons (Fsp3) is 0.500. The number of thiazole rings is 1. The predicted octanol–water partition coefficient (Wildman–Crippen LogP) is 1.22. The minimum atomic E-state index is -3.49. The molecular formula is C10H14N4O2S2. The molecule has 0 bridgehead atoms. The fourth-order valence-corrected chi connectivity index (χ4v) is 4.38. The second-order valence-electron chi connectivity index (χ2n) is 4.32. The SMILES string of the molecule is CNc1nc2sccn2c1S(=O)(=O)N(C)C1CC1. The molecule has 0 radical (unpaired) electrons. The van der Waals surface area contributed by atoms with E-state index in [2.05, 4.69) is 10.3 Å². The fourth-order valence-electron chi connectivity index (χ4n) is 1.95. The van der Waals surface area contributed by atoms with Gasteiger partial charge < -0.3 is 5.32 Å². The molecule has 0 unspecified atom stereocenters. The lowest BCUT2D eigenvalue weighted by atomic mass is 10.7. The first-order valence-corrected chi connectivity index (χ1v) is 7.99. The normalized spacial score (nSPS) is 16.6. The summed E-state index contributed by atoms with van der Waals surface area (Å²) >= 11 is 1.42. The van der Waals surface area contributed by atoms with Crippen LogP contribution in [0.15, 0.2) is 16.6 Å². The molecule has 2 heterocycles. The molecule has 1 fully saturated rings. The number of nitrogens with zero attached hydrogens (tertiary/aromatic N) is 3. The van der Waals surface area contributed by atoms with Gasteiger partial charge in [-0.1, -0.05) is 0 Å². The van der Waals surface area contributed by atoms with Gasteiger partial charge in [-0.3, -0.25) is 4.40 Å². The number of rotatable bonds is 4. The summed E-state index contributed by atoms with van der Waals surface area (Å²) in [6, 6.07) is 0.142. The highest BCUT2D eigenvalue weighted by atomic mass is 32.2. The van der Waals surface area contributed by atoms with E-state index in [1.807, 2.05) is 5.38 Å². The topological polar surface area (TPSA) is 66.7 Å². The molecule has 2 aromatic rings. The highest BCUT2D eigenvalue weighted by Gasteiger charge is 2.38. The molecule has 0 atom stereocenters. The quantitative estimate of drug-likeness (QED) is 0.917. The van der Waals surface area contributed by atoms with Gasteiger partial charge in [-0.05, 0) is 12.8 Å². The van der Waals surface area contributed by atoms with Gasteiger partial charge in [0.1, 0.15) is 0 Å². The van der Waals surface area contributed by atoms with E-state index in [9.17, 15) is 8.42 Å². The Morgan fingerprint density at radius 2 is 2.28 bits per heavy atom. The molecule has 0 saturated heterocycles. The molecule has 0 aliphatic heterocycles. The lowest BCUT2D eigenvalue weighted by Gasteiger charge is -2.16. The maximum atomic E-state index is 12.6. The van der Waals surface area contributed by atoms with Crippen molar-refractivity contribution >= 4 is 32.1 Å². The summed E-state index contributed by atoms with van der Waals surface area (Å²) in [5.41, 5.74) is 0. The first-order valence-electron chi connectivity index (χ1n) is 5.67. The number of nitrogens with one attached hydrogen (secondary N) is 1. The van der Waals surface area contributed by atoms with Gasteiger partial charge in [0.2, 0.25) is 0 Å². The van der Waals surface area contributed by atoms with Crippen LogP contribution in [0, 0.1) is 0 Å². The Kier molecular flexibility index (Phi) is 2.61. The standard InChI is InChI=1S/C10H14N4O2S2/c1-11-8-9(14-5-6-17-10(14)12-8)18(15,16)13(2)7-3-4-7/h5-7,11H,3-4H2,1-2H3. The van der Waals surface area contributed by atoms with E-state index < -0.39 is 10.0 Å². The van der Waals surface area contributed by atoms with Crippen LogP contribution in [0.3, 0.4) is 0 Å². The van der Waals surface area contributed by atoms with Crippen LogP contribution in [-0.4, -0.2) is 42.2 Å². The Bertz CT molecular complexity index is 684. The van der Waals surface area contributed by atoms with Crippen molar-refractivity contribution in [1.29, 1.82) is 0 Å². The second kappa shape index (κ2) is 3.94. The number of hydrogen-bond donors (Lipinski definition) is 1. The first kappa shape index (κ1) is 11.9. The van der Waals surface area contributed by atoms with Crippen molar-refractivity contribution in [2.75, 3.05) is 19.4 Å². The van der Waals surface area contributed by atoms with Crippen molar-refractivity contribution in [1.82, 2.24) is 13.7 Å². The van der Waals surface area contributed by atoms with E-state index >= 15 is 0 Å². The number of aromatic nitrogens is 2. The average Bonchev–Trinajstić information content (AvgIpc) is 2.97. The minimum absolute atomic E-state index is 0.142. The minimum Gasteiger partial charge on any atom is -0.371 e. The van der Waals surface area contributed by atoms with Crippen LogP contribution in [0.5, 0.6) is 0 Å². The van der Waals surface area contributed by atoms with Crippen LogP contribution in [-0.2, 0) is 10.0 Å². The van der Waals surface area contributed by atoms with E-state index in [0.717, 1.165) is 12.8 Å². The maximum absolute atomic E-state index is 12.6. The summed E-state index contributed by atoms with van der Waals surface area (Å²) in [5, 5.41) is 4.92. The zero-order valence-corrected chi connectivity index (χ0v) is 11.8. The Hall–Kier alpha value is -1.12. The molecule has 1 aliphatic carbocycles. The highest BCUT2D eigenvalue weighted by Crippen LogP contribution is 2.33. The van der Waals surface area contributed by atoms with Crippen molar-refractivity contribution in [3.05, 3.63) is 11.6 Å². The summed E-state index contributed by atoms with van der Waals surface area (Å²) in [6.45, 7) is 0. The monoisotopic (exact) mass is 286 g/mol. The molecule has 0 amide bonds. The predicted molar refractivity (Wildman–Crippen MR) is 70.6 cm³/mol. The van der Waals surface area contributed by atoms with Crippen LogP contribution in [0.4, 0.5) is 5.82 Å². The average molecular weight is 286 g/mol. The maximum Gasteiger partial charge on any atom is 0.262 e. The largest absolute Gasteiger partial charge is 0.371 e. The second-order valence-corrected chi connectivity index (χ2v) is 7.11. The third-order valence-corrected chi connectivity index (χ3v) is 5.83. The molecule has 8 heteroatoms. The molecule has 1 saturated carbocycles. The van der Waals surface area contributed by atoms with Crippen molar-refractivity contribution in [3.63, 3.8) is 0 Å². The van der Waals surface area contributed by atoms with Gasteiger partial charge in [0.15, 0.2) is 15.8 Å². The highest BCUT2D eigenvalue weighted by molar-refractivity contribution is 7.89. The van der Waals surface area contributed by atoms with Gasteiger partial charge in [0, 0.05) is 31.7 Å². The van der Waals surface area contributed by atoms with Crippen molar-refractivity contribution in [3.8, 4) is 0 Å². The summed E-state index contributed by atoms with van der Waals surface area (Å²) in [7, 11) is -0.173. The third-order valence-electron chi connectivity index (χ3n) is 3.14. The van der Waals surface area contributed by atoms with Gasteiger partial charge in [0.25, 0.3) is 10.0 Å². The lowest BCUT2D eigenvalue weighted by molar-refractivity contribution is 0.461. The zero-order valence-electron chi connectivity index (χ0n) is 10.1. The van der Waals surface area contributed by atoms with Gasteiger partial charge in [-0.15, -0.1) is 11.3 Å². The summed E-state index contributed by atoms with van der Waals surface area (Å²) in [4.78, 5) is 4.97. The van der Waals surface area contributed by atoms with Gasteiger partial charge >= 0.3 is 0 Å². The van der Waals surface area contributed by atoms with Gasteiger partial charge in [0.05, 0.1) is 0 Å². The van der Waals surface area contributed by atoms with Crippen molar-refractivity contribution in [2.45, 2.75) is 23.9 Å². The lowest BCUT2D eigenvalue weighted by Crippen LogP contribution is -2.30. The van der Waals surface area contributed by atoms with Crippen molar-refractivity contribution < 1.29 is 8.42 Å². The Labute approximate surface area is 109 Å². The molecule has 6 nitrogen and oxygen atoms in total. The summed E-state index contributed by atoms with van der Waals surface area (Å²) in [6.07, 6.45) is 3.62. The Morgan fingerprint density at radius 1 is 1.56 bits per heavy atom. The van der Waals surface area contributed by atoms with Gasteiger partial charge in [-0.2, -0.15) is 4.31 Å². The van der Waals surface area contributed by atoms with Crippen LogP contribution in [0.25, 0.3) is 4.96 Å². The molecular weight excluding hydrogens is 272 g/mol. The zero-order chi connectivity index (χ0) is 12.9. The van der Waals surface area contributed by atoms with E-state index in [0.29, 0.717) is 10.8 Å². The van der Waals surface area contributed by atoms with E-state index in [1.165, 1.54) is 15.6 Å². The smallest absolute Gasteiger partial charge is 0.262 e. The van der Waals surface area contributed by atoms with E-state index in [1.54, 1.807) is 24.7 Å². The van der Waals surface area contributed by atoms with E-state index in [4.69, 9.17) is 0 Å². The van der Waals surface area contributed by atoms with Crippen LogP contribution in [0.2, 0.25) is 0 Å². The molecule has 98 valence electrons. The number of anilines is 1. The molecule has 0 spiro atoms. The Morgan fingerprint density at radius 3 is 2.89 bits per heavy atom. The number of imidazole rings is 1. The number of hydrogen-bond acceptors (Lipinski definition) is 5. The van der Waals surface area contributed by atoms with Crippen LogP contribution >= 0.6 is 11.3 Å². The molecule has 0 aromatic carbocycles. The number of fused-ring (bicyclic) bond motifs is 1. The molecule has 3 rings (SSSR count). The third kappa shape index (κ3) is 1.63. The molecule has 1 aliphatic rings.